The highest BCUT2D eigenvalue weighted by atomic mass is 35.5. The van der Waals surface area contributed by atoms with Crippen molar-refractivity contribution in [3.8, 4) is 0 Å². The molecule has 1 rings (SSSR count). The molecule has 4 N–H and O–H groups in total. The third-order valence-electron chi connectivity index (χ3n) is 2.29. The molecule has 1 atom stereocenters. The van der Waals surface area contributed by atoms with E-state index in [-0.39, 0.29) is 0 Å². The molecule has 0 aliphatic carbocycles. The van der Waals surface area contributed by atoms with Crippen LogP contribution in [0.2, 0.25) is 5.02 Å². The van der Waals surface area contributed by atoms with E-state index in [9.17, 15) is 4.79 Å². The number of aryl methyl sites for hydroxylation is 1. The maximum absolute atomic E-state index is 10.5. The van der Waals surface area contributed by atoms with Gasteiger partial charge in [0.25, 0.3) is 0 Å². The molecule has 1 unspecified atom stereocenters. The van der Waals surface area contributed by atoms with Crippen LogP contribution in [0.15, 0.2) is 18.2 Å². The van der Waals surface area contributed by atoms with Crippen LogP contribution in [0, 0.1) is 6.92 Å². The number of benzene rings is 1. The molecule has 88 valence electrons. The average molecular weight is 243 g/mol. The smallest absolute Gasteiger partial charge is 0.320 e. The summed E-state index contributed by atoms with van der Waals surface area (Å²) in [5.74, 6) is -0.982. The van der Waals surface area contributed by atoms with E-state index in [1.165, 1.54) is 0 Å². The minimum atomic E-state index is -0.982. The summed E-state index contributed by atoms with van der Waals surface area (Å²) in [4.78, 5) is 10.5. The topological polar surface area (TPSA) is 75.3 Å². The summed E-state index contributed by atoms with van der Waals surface area (Å²) in [6, 6.07) is 4.70. The molecular formula is C11H15ClN2O2. The lowest BCUT2D eigenvalue weighted by Crippen LogP contribution is -2.32. The second kappa shape index (κ2) is 5.72. The van der Waals surface area contributed by atoms with Crippen LogP contribution in [-0.2, 0) is 4.79 Å². The van der Waals surface area contributed by atoms with Gasteiger partial charge in [0.05, 0.1) is 0 Å². The molecule has 4 nitrogen and oxygen atoms in total. The fraction of sp³-hybridized carbons (Fsp3) is 0.364. The molecule has 0 bridgehead atoms. The number of carbonyl (C=O) groups is 1. The molecule has 0 aliphatic rings. The Bertz CT molecular complexity index is 382. The summed E-state index contributed by atoms with van der Waals surface area (Å²) in [7, 11) is 0. The predicted octanol–water partition coefficient (Wildman–Crippen LogP) is 1.86. The third-order valence-corrected chi connectivity index (χ3v) is 2.52. The molecular weight excluding hydrogens is 228 g/mol. The van der Waals surface area contributed by atoms with Crippen molar-refractivity contribution in [2.75, 3.05) is 11.9 Å². The molecule has 5 heteroatoms. The normalized spacial score (nSPS) is 12.2. The van der Waals surface area contributed by atoms with Crippen LogP contribution in [0.25, 0.3) is 0 Å². The van der Waals surface area contributed by atoms with E-state index >= 15 is 0 Å². The number of halogens is 1. The molecule has 0 aromatic heterocycles. The van der Waals surface area contributed by atoms with Crippen molar-refractivity contribution in [3.05, 3.63) is 28.8 Å². The molecule has 0 amide bonds. The van der Waals surface area contributed by atoms with Gasteiger partial charge in [-0.05, 0) is 31.0 Å². The maximum atomic E-state index is 10.5. The van der Waals surface area contributed by atoms with Gasteiger partial charge in [0.1, 0.15) is 6.04 Å². The minimum Gasteiger partial charge on any atom is -0.480 e. The minimum absolute atomic E-state index is 0.376. The first-order chi connectivity index (χ1) is 7.50. The van der Waals surface area contributed by atoms with Crippen LogP contribution in [0.4, 0.5) is 5.69 Å². The number of nitrogens with two attached hydrogens (primary N) is 1. The number of hydrogen-bond acceptors (Lipinski definition) is 3. The van der Waals surface area contributed by atoms with E-state index in [1.807, 2.05) is 25.1 Å². The van der Waals surface area contributed by atoms with E-state index in [2.05, 4.69) is 5.32 Å². The molecule has 0 heterocycles. The molecule has 0 spiro atoms. The highest BCUT2D eigenvalue weighted by molar-refractivity contribution is 6.30. The van der Waals surface area contributed by atoms with Crippen LogP contribution in [0.1, 0.15) is 12.0 Å². The summed E-state index contributed by atoms with van der Waals surface area (Å²) in [5.41, 5.74) is 7.35. The van der Waals surface area contributed by atoms with E-state index in [1.54, 1.807) is 0 Å². The quantitative estimate of drug-likeness (QED) is 0.737. The lowest BCUT2D eigenvalue weighted by molar-refractivity contribution is -0.138. The van der Waals surface area contributed by atoms with Gasteiger partial charge in [-0.2, -0.15) is 0 Å². The SMILES string of the molecule is Cc1ccc(Cl)cc1NCCC(N)C(=O)O. The van der Waals surface area contributed by atoms with Crippen LogP contribution in [0.5, 0.6) is 0 Å². The Morgan fingerprint density at radius 1 is 1.62 bits per heavy atom. The van der Waals surface area contributed by atoms with E-state index in [0.717, 1.165) is 11.3 Å². The van der Waals surface area contributed by atoms with Gasteiger partial charge in [-0.25, -0.2) is 0 Å². The number of rotatable bonds is 5. The maximum Gasteiger partial charge on any atom is 0.320 e. The lowest BCUT2D eigenvalue weighted by Gasteiger charge is -2.11. The number of aliphatic carboxylic acids is 1. The molecule has 0 radical (unpaired) electrons. The fourth-order valence-electron chi connectivity index (χ4n) is 1.27. The Morgan fingerprint density at radius 2 is 2.31 bits per heavy atom. The average Bonchev–Trinajstić information content (AvgIpc) is 2.22. The van der Waals surface area contributed by atoms with E-state index < -0.39 is 12.0 Å². The van der Waals surface area contributed by atoms with Gasteiger partial charge in [0.15, 0.2) is 0 Å². The summed E-state index contributed by atoms with van der Waals surface area (Å²) in [6.45, 7) is 2.46. The first kappa shape index (κ1) is 12.8. The van der Waals surface area contributed by atoms with Crippen LogP contribution in [0.3, 0.4) is 0 Å². The number of hydrogen-bond donors (Lipinski definition) is 3. The van der Waals surface area contributed by atoms with Crippen molar-refractivity contribution in [1.29, 1.82) is 0 Å². The van der Waals surface area contributed by atoms with Crippen molar-refractivity contribution in [1.82, 2.24) is 0 Å². The molecule has 0 saturated heterocycles. The Hall–Kier alpha value is -1.26. The van der Waals surface area contributed by atoms with Crippen molar-refractivity contribution in [2.45, 2.75) is 19.4 Å². The Balaban J connectivity index is 2.48. The standard InChI is InChI=1S/C11H15ClN2O2/c1-7-2-3-8(12)6-10(7)14-5-4-9(13)11(15)16/h2-3,6,9,14H,4-5,13H2,1H3,(H,15,16). The summed E-state index contributed by atoms with van der Waals surface area (Å²) >= 11 is 5.85. The van der Waals surface area contributed by atoms with Crippen molar-refractivity contribution >= 4 is 23.3 Å². The van der Waals surface area contributed by atoms with Crippen LogP contribution >= 0.6 is 11.6 Å². The second-order valence-corrected chi connectivity index (χ2v) is 4.06. The molecule has 1 aromatic carbocycles. The Morgan fingerprint density at radius 3 is 2.94 bits per heavy atom. The molecule has 16 heavy (non-hydrogen) atoms. The number of anilines is 1. The van der Waals surface area contributed by atoms with Crippen LogP contribution < -0.4 is 11.1 Å². The number of carboxylic acids is 1. The molecule has 1 aromatic rings. The van der Waals surface area contributed by atoms with Gasteiger partial charge in [-0.15, -0.1) is 0 Å². The predicted molar refractivity (Wildman–Crippen MR) is 64.9 cm³/mol. The first-order valence-electron chi connectivity index (χ1n) is 4.99. The van der Waals surface area contributed by atoms with Gasteiger partial charge in [0, 0.05) is 17.3 Å². The summed E-state index contributed by atoms with van der Waals surface area (Å²) in [5, 5.41) is 12.4. The Kier molecular flexibility index (Phi) is 4.58. The van der Waals surface area contributed by atoms with Crippen molar-refractivity contribution in [3.63, 3.8) is 0 Å². The summed E-state index contributed by atoms with van der Waals surface area (Å²) < 4.78 is 0. The lowest BCUT2D eigenvalue weighted by atomic mass is 10.2. The largest absolute Gasteiger partial charge is 0.480 e. The fourth-order valence-corrected chi connectivity index (χ4v) is 1.44. The molecule has 0 saturated carbocycles. The highest BCUT2D eigenvalue weighted by Gasteiger charge is 2.10. The number of carboxylic acid groups (broad SMARTS) is 1. The highest BCUT2D eigenvalue weighted by Crippen LogP contribution is 2.19. The third kappa shape index (κ3) is 3.72. The van der Waals surface area contributed by atoms with E-state index in [0.29, 0.717) is 18.0 Å². The monoisotopic (exact) mass is 242 g/mol. The summed E-state index contributed by atoms with van der Waals surface area (Å²) in [6.07, 6.45) is 0.376. The first-order valence-corrected chi connectivity index (χ1v) is 5.37. The van der Waals surface area contributed by atoms with Gasteiger partial charge >= 0.3 is 5.97 Å². The zero-order valence-corrected chi connectivity index (χ0v) is 9.79. The zero-order valence-electron chi connectivity index (χ0n) is 9.03. The van der Waals surface area contributed by atoms with Crippen LogP contribution in [-0.4, -0.2) is 23.7 Å². The van der Waals surface area contributed by atoms with Crippen molar-refractivity contribution in [2.24, 2.45) is 5.73 Å². The molecule has 0 aliphatic heterocycles. The molecule has 0 fully saturated rings. The van der Waals surface area contributed by atoms with Gasteiger partial charge < -0.3 is 16.2 Å². The van der Waals surface area contributed by atoms with Gasteiger partial charge in [-0.3, -0.25) is 4.79 Å². The second-order valence-electron chi connectivity index (χ2n) is 3.62. The zero-order chi connectivity index (χ0) is 12.1. The van der Waals surface area contributed by atoms with Gasteiger partial charge in [0.2, 0.25) is 0 Å². The van der Waals surface area contributed by atoms with E-state index in [4.69, 9.17) is 22.4 Å². The van der Waals surface area contributed by atoms with Gasteiger partial charge in [-0.1, -0.05) is 17.7 Å². The van der Waals surface area contributed by atoms with Crippen molar-refractivity contribution < 1.29 is 9.90 Å². The Labute approximate surface area is 99.4 Å². The number of nitrogens with one attached hydrogen (secondary N) is 1.